The summed E-state index contributed by atoms with van der Waals surface area (Å²) in [7, 11) is 3.27. The number of methoxy groups -OCH3 is 2. The van der Waals surface area contributed by atoms with Gasteiger partial charge in [-0.2, -0.15) is 0 Å². The minimum atomic E-state index is -1.12. The van der Waals surface area contributed by atoms with Crippen molar-refractivity contribution in [3.8, 4) is 11.5 Å². The van der Waals surface area contributed by atoms with E-state index in [1.165, 1.54) is 0 Å². The molecule has 154 valence electrons. The van der Waals surface area contributed by atoms with Crippen LogP contribution in [0.2, 0.25) is 0 Å². The predicted molar refractivity (Wildman–Crippen MR) is 104 cm³/mol. The standard InChI is InChI=1S/C20H33NO6/c1-14(2)16(12-17(13-22)21-20(23)24)10-15-6-7-18(26-4)19(11-15)27-9-5-8-25-3/h6-7,11,14,16-17,21-22H,5,8-10,12-13H2,1-4H3,(H,23,24)/t16-,17?/m1/s1. The molecule has 7 heteroatoms. The fourth-order valence-electron chi connectivity index (χ4n) is 2.96. The summed E-state index contributed by atoms with van der Waals surface area (Å²) < 4.78 is 16.2. The van der Waals surface area contributed by atoms with Crippen molar-refractivity contribution in [2.75, 3.05) is 34.0 Å². The van der Waals surface area contributed by atoms with Gasteiger partial charge in [-0.25, -0.2) is 4.79 Å². The second-order valence-corrected chi connectivity index (χ2v) is 6.95. The van der Waals surface area contributed by atoms with Gasteiger partial charge in [0.15, 0.2) is 11.5 Å². The number of carboxylic acid groups (broad SMARTS) is 1. The number of hydrogen-bond donors (Lipinski definition) is 3. The van der Waals surface area contributed by atoms with Crippen LogP contribution in [0.4, 0.5) is 4.79 Å². The molecule has 1 rings (SSSR count). The predicted octanol–water partition coefficient (Wildman–Crippen LogP) is 2.94. The highest BCUT2D eigenvalue weighted by atomic mass is 16.5. The Hall–Kier alpha value is -1.99. The Balaban J connectivity index is 2.83. The Bertz CT molecular complexity index is 563. The number of ether oxygens (including phenoxy) is 3. The molecule has 0 saturated heterocycles. The summed E-state index contributed by atoms with van der Waals surface area (Å²) in [5, 5.41) is 20.7. The van der Waals surface area contributed by atoms with E-state index in [-0.39, 0.29) is 12.5 Å². The van der Waals surface area contributed by atoms with Crippen molar-refractivity contribution < 1.29 is 29.2 Å². The minimum Gasteiger partial charge on any atom is -0.493 e. The number of nitrogens with one attached hydrogen (secondary N) is 1. The number of amides is 1. The fraction of sp³-hybridized carbons (Fsp3) is 0.650. The van der Waals surface area contributed by atoms with Gasteiger partial charge in [0, 0.05) is 20.1 Å². The van der Waals surface area contributed by atoms with Crippen LogP contribution in [0.15, 0.2) is 18.2 Å². The summed E-state index contributed by atoms with van der Waals surface area (Å²) in [6, 6.07) is 5.38. The van der Waals surface area contributed by atoms with Gasteiger partial charge in [-0.3, -0.25) is 0 Å². The summed E-state index contributed by atoms with van der Waals surface area (Å²) in [5.74, 6) is 1.92. The van der Waals surface area contributed by atoms with Gasteiger partial charge in [0.2, 0.25) is 0 Å². The van der Waals surface area contributed by atoms with Crippen molar-refractivity contribution in [2.24, 2.45) is 11.8 Å². The van der Waals surface area contributed by atoms with Gasteiger partial charge in [-0.1, -0.05) is 19.9 Å². The van der Waals surface area contributed by atoms with Gasteiger partial charge in [-0.05, 0) is 42.4 Å². The van der Waals surface area contributed by atoms with Crippen LogP contribution in [-0.4, -0.2) is 56.4 Å². The first-order valence-corrected chi connectivity index (χ1v) is 9.30. The van der Waals surface area contributed by atoms with E-state index in [0.717, 1.165) is 18.4 Å². The third-order valence-electron chi connectivity index (χ3n) is 4.55. The molecule has 2 atom stereocenters. The number of carbonyl (C=O) groups is 1. The smallest absolute Gasteiger partial charge is 0.404 e. The average molecular weight is 383 g/mol. The Kier molecular flexibility index (Phi) is 10.6. The summed E-state index contributed by atoms with van der Waals surface area (Å²) in [5.41, 5.74) is 1.09. The third-order valence-corrected chi connectivity index (χ3v) is 4.55. The van der Waals surface area contributed by atoms with Gasteiger partial charge >= 0.3 is 6.09 Å². The second-order valence-electron chi connectivity index (χ2n) is 6.95. The zero-order valence-electron chi connectivity index (χ0n) is 16.7. The fourth-order valence-corrected chi connectivity index (χ4v) is 2.96. The van der Waals surface area contributed by atoms with Gasteiger partial charge < -0.3 is 29.7 Å². The summed E-state index contributed by atoms with van der Waals surface area (Å²) >= 11 is 0. The quantitative estimate of drug-likeness (QED) is 0.453. The normalized spacial score (nSPS) is 13.3. The first kappa shape index (κ1) is 23.0. The molecule has 0 aliphatic carbocycles. The largest absolute Gasteiger partial charge is 0.493 e. The summed E-state index contributed by atoms with van der Waals surface area (Å²) in [6.45, 7) is 5.16. The average Bonchev–Trinajstić information content (AvgIpc) is 2.63. The SMILES string of the molecule is COCCCOc1cc(C[C@H](CC(CO)NC(=O)O)C(C)C)ccc1OC. The maximum absolute atomic E-state index is 10.9. The molecule has 0 bridgehead atoms. The lowest BCUT2D eigenvalue weighted by molar-refractivity contribution is 0.165. The summed E-state index contributed by atoms with van der Waals surface area (Å²) in [6.07, 6.45) is 0.995. The van der Waals surface area contributed by atoms with E-state index in [4.69, 9.17) is 19.3 Å². The van der Waals surface area contributed by atoms with E-state index in [1.54, 1.807) is 14.2 Å². The van der Waals surface area contributed by atoms with E-state index in [2.05, 4.69) is 19.2 Å². The van der Waals surface area contributed by atoms with E-state index >= 15 is 0 Å². The first-order valence-electron chi connectivity index (χ1n) is 9.30. The molecule has 0 heterocycles. The van der Waals surface area contributed by atoms with Gasteiger partial charge in [-0.15, -0.1) is 0 Å². The van der Waals surface area contributed by atoms with Crippen LogP contribution in [0.5, 0.6) is 11.5 Å². The molecule has 0 spiro atoms. The van der Waals surface area contributed by atoms with Crippen molar-refractivity contribution in [2.45, 2.75) is 39.2 Å². The molecule has 7 nitrogen and oxygen atoms in total. The van der Waals surface area contributed by atoms with Gasteiger partial charge in [0.25, 0.3) is 0 Å². The number of aliphatic hydroxyl groups excluding tert-OH is 1. The van der Waals surface area contributed by atoms with Gasteiger partial charge in [0.1, 0.15) is 0 Å². The van der Waals surface area contributed by atoms with Gasteiger partial charge in [0.05, 0.1) is 26.4 Å². The minimum absolute atomic E-state index is 0.212. The lowest BCUT2D eigenvalue weighted by Gasteiger charge is -2.26. The van der Waals surface area contributed by atoms with Crippen molar-refractivity contribution in [3.05, 3.63) is 23.8 Å². The van der Waals surface area contributed by atoms with Crippen LogP contribution >= 0.6 is 0 Å². The van der Waals surface area contributed by atoms with E-state index < -0.39 is 12.1 Å². The van der Waals surface area contributed by atoms with Crippen LogP contribution in [0.1, 0.15) is 32.3 Å². The molecule has 27 heavy (non-hydrogen) atoms. The highest BCUT2D eigenvalue weighted by Gasteiger charge is 2.21. The number of benzene rings is 1. The highest BCUT2D eigenvalue weighted by Crippen LogP contribution is 2.31. The van der Waals surface area contributed by atoms with Crippen LogP contribution in [0, 0.1) is 11.8 Å². The molecule has 0 fully saturated rings. The number of hydrogen-bond acceptors (Lipinski definition) is 5. The molecular weight excluding hydrogens is 350 g/mol. The van der Waals surface area contributed by atoms with Crippen molar-refractivity contribution in [1.82, 2.24) is 5.32 Å². The zero-order valence-corrected chi connectivity index (χ0v) is 16.7. The molecule has 1 aromatic rings. The lowest BCUT2D eigenvalue weighted by Crippen LogP contribution is -2.39. The summed E-state index contributed by atoms with van der Waals surface area (Å²) in [4.78, 5) is 10.9. The Labute approximate surface area is 161 Å². The van der Waals surface area contributed by atoms with E-state index in [1.807, 2.05) is 18.2 Å². The number of aliphatic hydroxyl groups is 1. The monoisotopic (exact) mass is 383 g/mol. The molecule has 0 aromatic heterocycles. The molecule has 3 N–H and O–H groups in total. The Morgan fingerprint density at radius 3 is 2.48 bits per heavy atom. The highest BCUT2D eigenvalue weighted by molar-refractivity contribution is 5.64. The molecule has 0 aliphatic rings. The maximum Gasteiger partial charge on any atom is 0.404 e. The maximum atomic E-state index is 10.9. The molecule has 0 radical (unpaired) electrons. The molecular formula is C20H33NO6. The molecule has 1 unspecified atom stereocenters. The number of rotatable bonds is 13. The van der Waals surface area contributed by atoms with Crippen LogP contribution in [0.25, 0.3) is 0 Å². The Morgan fingerprint density at radius 2 is 1.93 bits per heavy atom. The molecule has 1 amide bonds. The Morgan fingerprint density at radius 1 is 1.19 bits per heavy atom. The third kappa shape index (κ3) is 8.49. The lowest BCUT2D eigenvalue weighted by atomic mass is 9.84. The topological polar surface area (TPSA) is 97.2 Å². The van der Waals surface area contributed by atoms with Crippen molar-refractivity contribution in [3.63, 3.8) is 0 Å². The first-order chi connectivity index (χ1) is 12.9. The second kappa shape index (κ2) is 12.4. The molecule has 0 aliphatic heterocycles. The molecule has 0 saturated carbocycles. The van der Waals surface area contributed by atoms with Crippen LogP contribution < -0.4 is 14.8 Å². The van der Waals surface area contributed by atoms with Crippen molar-refractivity contribution >= 4 is 6.09 Å². The molecule has 1 aromatic carbocycles. The zero-order chi connectivity index (χ0) is 20.2. The van der Waals surface area contributed by atoms with Crippen LogP contribution in [0.3, 0.4) is 0 Å². The van der Waals surface area contributed by atoms with E-state index in [0.29, 0.717) is 37.1 Å². The van der Waals surface area contributed by atoms with Crippen LogP contribution in [-0.2, 0) is 11.2 Å². The van der Waals surface area contributed by atoms with Crippen molar-refractivity contribution in [1.29, 1.82) is 0 Å². The van der Waals surface area contributed by atoms with E-state index in [9.17, 15) is 9.90 Å².